The molecule has 2 heterocycles. The minimum absolute atomic E-state index is 0.00640. The number of rotatable bonds is 6. The topological polar surface area (TPSA) is 60.5 Å². The first-order valence-corrected chi connectivity index (χ1v) is 9.91. The lowest BCUT2D eigenvalue weighted by atomic mass is 9.99. The van der Waals surface area contributed by atoms with Gasteiger partial charge in [0.15, 0.2) is 16.6 Å². The molecule has 6 heteroatoms. The van der Waals surface area contributed by atoms with Crippen molar-refractivity contribution >= 4 is 22.4 Å². The number of nitrogens with one attached hydrogen (secondary N) is 1. The zero-order valence-electron chi connectivity index (χ0n) is 16.1. The number of benzene rings is 1. The summed E-state index contributed by atoms with van der Waals surface area (Å²) in [7, 11) is 0. The summed E-state index contributed by atoms with van der Waals surface area (Å²) in [4.78, 5) is 17.6. The van der Waals surface area contributed by atoms with E-state index in [1.165, 1.54) is 11.3 Å². The van der Waals surface area contributed by atoms with Crippen LogP contribution in [0.5, 0.6) is 11.5 Å². The van der Waals surface area contributed by atoms with Crippen molar-refractivity contribution in [1.82, 2.24) is 4.98 Å². The summed E-state index contributed by atoms with van der Waals surface area (Å²) in [6.07, 6.45) is 2.16. The molecule has 3 rings (SSSR count). The summed E-state index contributed by atoms with van der Waals surface area (Å²) < 4.78 is 11.9. The Labute approximate surface area is 158 Å². The van der Waals surface area contributed by atoms with E-state index in [0.29, 0.717) is 18.2 Å². The van der Waals surface area contributed by atoms with E-state index >= 15 is 0 Å². The minimum Gasteiger partial charge on any atom is -0.490 e. The molecule has 5 nitrogen and oxygen atoms in total. The average Bonchev–Trinajstić information content (AvgIpc) is 3.05. The number of aromatic nitrogens is 1. The van der Waals surface area contributed by atoms with E-state index in [4.69, 9.17) is 9.47 Å². The van der Waals surface area contributed by atoms with Crippen molar-refractivity contribution in [2.75, 3.05) is 11.9 Å². The zero-order chi connectivity index (χ0) is 18.9. The molecule has 1 N–H and O–H groups in total. The minimum atomic E-state index is -0.233. The van der Waals surface area contributed by atoms with Gasteiger partial charge in [0.1, 0.15) is 5.60 Å². The molecule has 0 saturated heterocycles. The van der Waals surface area contributed by atoms with Crippen molar-refractivity contribution in [2.45, 2.75) is 59.5 Å². The SMILES string of the molecule is CCCC(=O)Nc1nc(-c2cc3c(c(OCC)c2)OC(C)(C)C3)c(C)s1. The second-order valence-corrected chi connectivity index (χ2v) is 8.36. The van der Waals surface area contributed by atoms with Gasteiger partial charge in [-0.25, -0.2) is 4.98 Å². The van der Waals surface area contributed by atoms with Crippen molar-refractivity contribution in [3.8, 4) is 22.8 Å². The molecule has 0 aliphatic carbocycles. The van der Waals surface area contributed by atoms with Crippen LogP contribution in [0.3, 0.4) is 0 Å². The largest absolute Gasteiger partial charge is 0.490 e. The molecule has 1 aromatic carbocycles. The van der Waals surface area contributed by atoms with Crippen LogP contribution < -0.4 is 14.8 Å². The Morgan fingerprint density at radius 2 is 2.15 bits per heavy atom. The van der Waals surface area contributed by atoms with Crippen LogP contribution in [-0.2, 0) is 11.2 Å². The van der Waals surface area contributed by atoms with Crippen LogP contribution in [0.1, 0.15) is 51.0 Å². The van der Waals surface area contributed by atoms with E-state index in [9.17, 15) is 4.79 Å². The molecule has 140 valence electrons. The van der Waals surface area contributed by atoms with E-state index in [1.807, 2.05) is 26.8 Å². The maximum absolute atomic E-state index is 11.9. The molecule has 1 aromatic heterocycles. The molecule has 0 atom stereocenters. The standard InChI is InChI=1S/C20H26N2O3S/c1-6-8-16(23)21-19-22-17(12(3)26-19)13-9-14-11-20(4,5)25-18(14)15(10-13)24-7-2/h9-10H,6-8,11H2,1-5H3,(H,21,22,23). The highest BCUT2D eigenvalue weighted by atomic mass is 32.1. The normalized spacial score (nSPS) is 14.7. The number of carbonyl (C=O) groups is 1. The summed E-state index contributed by atoms with van der Waals surface area (Å²) >= 11 is 1.50. The highest BCUT2D eigenvalue weighted by Crippen LogP contribution is 2.45. The Hall–Kier alpha value is -2.08. The predicted molar refractivity (Wildman–Crippen MR) is 105 cm³/mol. The van der Waals surface area contributed by atoms with Crippen LogP contribution in [0.25, 0.3) is 11.3 Å². The number of carbonyl (C=O) groups excluding carboxylic acids is 1. The van der Waals surface area contributed by atoms with Gasteiger partial charge in [-0.15, -0.1) is 11.3 Å². The fourth-order valence-electron chi connectivity index (χ4n) is 3.20. The molecule has 0 fully saturated rings. The molecule has 0 radical (unpaired) electrons. The molecular formula is C20H26N2O3S. The van der Waals surface area contributed by atoms with Crippen LogP contribution in [0, 0.1) is 6.92 Å². The lowest BCUT2D eigenvalue weighted by molar-refractivity contribution is -0.116. The van der Waals surface area contributed by atoms with Gasteiger partial charge in [-0.1, -0.05) is 6.92 Å². The Bertz CT molecular complexity index is 827. The van der Waals surface area contributed by atoms with Gasteiger partial charge < -0.3 is 14.8 Å². The zero-order valence-corrected chi connectivity index (χ0v) is 16.9. The van der Waals surface area contributed by atoms with Crippen molar-refractivity contribution in [3.63, 3.8) is 0 Å². The molecule has 0 bridgehead atoms. The first kappa shape index (κ1) is 18.7. The number of fused-ring (bicyclic) bond motifs is 1. The highest BCUT2D eigenvalue weighted by molar-refractivity contribution is 7.16. The average molecular weight is 375 g/mol. The van der Waals surface area contributed by atoms with Crippen LogP contribution in [0.15, 0.2) is 12.1 Å². The first-order valence-electron chi connectivity index (χ1n) is 9.09. The summed E-state index contributed by atoms with van der Waals surface area (Å²) in [5, 5.41) is 3.54. The van der Waals surface area contributed by atoms with Crippen LogP contribution in [-0.4, -0.2) is 23.1 Å². The second-order valence-electron chi connectivity index (χ2n) is 7.16. The number of anilines is 1. The number of hydrogen-bond donors (Lipinski definition) is 1. The van der Waals surface area contributed by atoms with E-state index in [1.54, 1.807) is 0 Å². The molecule has 2 aromatic rings. The second kappa shape index (κ2) is 7.27. The number of amides is 1. The summed E-state index contributed by atoms with van der Waals surface area (Å²) in [6, 6.07) is 4.12. The van der Waals surface area contributed by atoms with Gasteiger partial charge in [0.2, 0.25) is 5.91 Å². The summed E-state index contributed by atoms with van der Waals surface area (Å²) in [6.45, 7) is 10.7. The maximum Gasteiger partial charge on any atom is 0.226 e. The first-order chi connectivity index (χ1) is 12.3. The van der Waals surface area contributed by atoms with Crippen molar-refractivity contribution < 1.29 is 14.3 Å². The van der Waals surface area contributed by atoms with Crippen molar-refractivity contribution in [1.29, 1.82) is 0 Å². The Balaban J connectivity index is 1.96. The molecular weight excluding hydrogens is 348 g/mol. The van der Waals surface area contributed by atoms with Crippen LogP contribution >= 0.6 is 11.3 Å². The Kier molecular flexibility index (Phi) is 5.23. The Morgan fingerprint density at radius 1 is 1.38 bits per heavy atom. The third-order valence-electron chi connectivity index (χ3n) is 4.22. The predicted octanol–water partition coefficient (Wildman–Crippen LogP) is 4.97. The summed E-state index contributed by atoms with van der Waals surface area (Å²) in [5.41, 5.74) is 2.79. The van der Waals surface area contributed by atoms with Crippen LogP contribution in [0.2, 0.25) is 0 Å². The number of aryl methyl sites for hydroxylation is 1. The lowest BCUT2D eigenvalue weighted by Gasteiger charge is -2.18. The van der Waals surface area contributed by atoms with E-state index in [-0.39, 0.29) is 11.5 Å². The van der Waals surface area contributed by atoms with Crippen molar-refractivity contribution in [2.24, 2.45) is 0 Å². The monoisotopic (exact) mass is 374 g/mol. The van der Waals surface area contributed by atoms with Crippen molar-refractivity contribution in [3.05, 3.63) is 22.6 Å². The summed E-state index contributed by atoms with van der Waals surface area (Å²) in [5.74, 6) is 1.60. The smallest absolute Gasteiger partial charge is 0.226 e. The van der Waals surface area contributed by atoms with Gasteiger partial charge in [-0.05, 0) is 46.2 Å². The van der Waals surface area contributed by atoms with Gasteiger partial charge in [0, 0.05) is 28.8 Å². The molecule has 26 heavy (non-hydrogen) atoms. The number of ether oxygens (including phenoxy) is 2. The van der Waals surface area contributed by atoms with Gasteiger partial charge in [0.05, 0.1) is 12.3 Å². The number of thiazole rings is 1. The van der Waals surface area contributed by atoms with Gasteiger partial charge in [-0.3, -0.25) is 4.79 Å². The molecule has 0 spiro atoms. The highest BCUT2D eigenvalue weighted by Gasteiger charge is 2.33. The lowest BCUT2D eigenvalue weighted by Crippen LogP contribution is -2.24. The third-order valence-corrected chi connectivity index (χ3v) is 5.11. The molecule has 1 aliphatic rings. The third kappa shape index (κ3) is 3.85. The van der Waals surface area contributed by atoms with E-state index in [2.05, 4.69) is 30.2 Å². The van der Waals surface area contributed by atoms with Gasteiger partial charge in [-0.2, -0.15) is 0 Å². The fraction of sp³-hybridized carbons (Fsp3) is 0.500. The quantitative estimate of drug-likeness (QED) is 0.775. The Morgan fingerprint density at radius 3 is 2.85 bits per heavy atom. The molecule has 1 aliphatic heterocycles. The number of hydrogen-bond acceptors (Lipinski definition) is 5. The molecule has 0 saturated carbocycles. The number of nitrogens with zero attached hydrogens (tertiary/aromatic N) is 1. The molecule has 0 unspecified atom stereocenters. The van der Waals surface area contributed by atoms with Gasteiger partial charge >= 0.3 is 0 Å². The van der Waals surface area contributed by atoms with Crippen LogP contribution in [0.4, 0.5) is 5.13 Å². The molecule has 1 amide bonds. The maximum atomic E-state index is 11.9. The fourth-order valence-corrected chi connectivity index (χ4v) is 4.06. The van der Waals surface area contributed by atoms with E-state index < -0.39 is 0 Å². The van der Waals surface area contributed by atoms with Gasteiger partial charge in [0.25, 0.3) is 0 Å². The van der Waals surface area contributed by atoms with E-state index in [0.717, 1.165) is 46.0 Å².